The fourth-order valence-corrected chi connectivity index (χ4v) is 5.03. The average molecular weight is 532 g/mol. The molecule has 3 aromatic rings. The third-order valence-corrected chi connectivity index (χ3v) is 7.23. The molecule has 10 heteroatoms. The molecule has 0 spiro atoms. The molecule has 1 atom stereocenters. The van der Waals surface area contributed by atoms with Crippen LogP contribution in [0.2, 0.25) is 0 Å². The Morgan fingerprint density at radius 1 is 1.10 bits per heavy atom. The maximum Gasteiger partial charge on any atom is 0.326 e. The second kappa shape index (κ2) is 10.4. The van der Waals surface area contributed by atoms with Crippen LogP contribution in [0, 0.1) is 13.8 Å². The van der Waals surface area contributed by atoms with E-state index in [0.717, 1.165) is 27.6 Å². The minimum absolute atomic E-state index is 0.0141. The molecule has 2 aliphatic heterocycles. The molecule has 0 saturated heterocycles. The van der Waals surface area contributed by atoms with Gasteiger partial charge in [0.2, 0.25) is 5.91 Å². The number of Topliss-reactive ketones (excluding diaryl/α,β-unsaturated/α-hetero) is 1. The van der Waals surface area contributed by atoms with Gasteiger partial charge >= 0.3 is 11.9 Å². The highest BCUT2D eigenvalue weighted by Crippen LogP contribution is 2.36. The monoisotopic (exact) mass is 531 g/mol. The molecule has 202 valence electrons. The molecule has 5 rings (SSSR count). The van der Waals surface area contributed by atoms with Gasteiger partial charge in [-0.25, -0.2) is 4.98 Å². The van der Waals surface area contributed by atoms with E-state index in [2.05, 4.69) is 11.4 Å². The highest BCUT2D eigenvalue weighted by atomic mass is 16.6. The number of pyridine rings is 2. The number of hydrogen-bond acceptors (Lipinski definition) is 8. The Morgan fingerprint density at radius 3 is 2.64 bits per heavy atom. The van der Waals surface area contributed by atoms with Crippen molar-refractivity contribution in [1.29, 1.82) is 0 Å². The average Bonchev–Trinajstić information content (AvgIpc) is 3.14. The van der Waals surface area contributed by atoms with E-state index in [1.165, 1.54) is 6.92 Å². The van der Waals surface area contributed by atoms with Crippen molar-refractivity contribution in [3.63, 3.8) is 0 Å². The number of carbonyl (C=O) groups is 4. The summed E-state index contributed by atoms with van der Waals surface area (Å²) in [5.74, 6) is -1.75. The summed E-state index contributed by atoms with van der Waals surface area (Å²) < 4.78 is 12.4. The molecule has 10 nitrogen and oxygen atoms in total. The molecule has 2 aliphatic rings. The number of ether oxygens (including phenoxy) is 2. The normalized spacial score (nSPS) is 15.6. The quantitative estimate of drug-likeness (QED) is 0.360. The van der Waals surface area contributed by atoms with Crippen LogP contribution in [0.5, 0.6) is 0 Å². The molecule has 1 unspecified atom stereocenters. The van der Waals surface area contributed by atoms with E-state index in [-0.39, 0.29) is 48.7 Å². The molecule has 0 saturated carbocycles. The van der Waals surface area contributed by atoms with Crippen LogP contribution >= 0.6 is 0 Å². The van der Waals surface area contributed by atoms with Crippen molar-refractivity contribution in [2.45, 2.75) is 65.7 Å². The molecule has 0 aliphatic carbocycles. The Labute approximate surface area is 224 Å². The van der Waals surface area contributed by atoms with Crippen molar-refractivity contribution in [2.75, 3.05) is 6.54 Å². The van der Waals surface area contributed by atoms with Crippen molar-refractivity contribution in [2.24, 2.45) is 0 Å². The van der Waals surface area contributed by atoms with Gasteiger partial charge in [-0.1, -0.05) is 0 Å². The third-order valence-electron chi connectivity index (χ3n) is 7.23. The van der Waals surface area contributed by atoms with Crippen molar-refractivity contribution < 1.29 is 28.7 Å². The van der Waals surface area contributed by atoms with Crippen LogP contribution in [-0.2, 0) is 41.8 Å². The van der Waals surface area contributed by atoms with E-state index in [9.17, 15) is 24.0 Å². The lowest BCUT2D eigenvalue weighted by molar-refractivity contribution is -0.155. The van der Waals surface area contributed by atoms with E-state index in [1.807, 2.05) is 26.0 Å². The number of aryl methyl sites for hydroxylation is 2. The summed E-state index contributed by atoms with van der Waals surface area (Å²) in [7, 11) is 0. The lowest BCUT2D eigenvalue weighted by atomic mass is 10.0. The zero-order valence-electron chi connectivity index (χ0n) is 22.1. The minimum Gasteiger partial charge on any atom is -0.460 e. The van der Waals surface area contributed by atoms with E-state index in [4.69, 9.17) is 14.5 Å². The number of nitrogens with zero attached hydrogens (tertiary/aromatic N) is 2. The first-order valence-corrected chi connectivity index (χ1v) is 12.9. The van der Waals surface area contributed by atoms with Gasteiger partial charge in [0.15, 0.2) is 0 Å². The van der Waals surface area contributed by atoms with Crippen molar-refractivity contribution >= 4 is 34.5 Å². The molecule has 1 amide bonds. The number of cyclic esters (lactones) is 1. The second-order valence-electron chi connectivity index (χ2n) is 10.2. The van der Waals surface area contributed by atoms with E-state index in [1.54, 1.807) is 10.6 Å². The van der Waals surface area contributed by atoms with Gasteiger partial charge in [0.05, 0.1) is 35.4 Å². The molecular formula is C29H29N3O7. The Balaban J connectivity index is 1.42. The van der Waals surface area contributed by atoms with Crippen LogP contribution in [0.1, 0.15) is 66.5 Å². The number of nitrogens with one attached hydrogen (secondary N) is 1. The fourth-order valence-electron chi connectivity index (χ4n) is 5.03. The zero-order valence-corrected chi connectivity index (χ0v) is 22.1. The number of benzene rings is 1. The summed E-state index contributed by atoms with van der Waals surface area (Å²) in [6.45, 7) is 5.22. The zero-order chi connectivity index (χ0) is 27.8. The van der Waals surface area contributed by atoms with Crippen LogP contribution in [0.4, 0.5) is 0 Å². The van der Waals surface area contributed by atoms with E-state index in [0.29, 0.717) is 29.9 Å². The minimum atomic E-state index is -1.05. The Kier molecular flexibility index (Phi) is 7.03. The van der Waals surface area contributed by atoms with Crippen LogP contribution in [0.3, 0.4) is 0 Å². The number of ketones is 1. The van der Waals surface area contributed by atoms with Crippen LogP contribution in [0.15, 0.2) is 29.1 Å². The second-order valence-corrected chi connectivity index (χ2v) is 10.2. The summed E-state index contributed by atoms with van der Waals surface area (Å²) in [5.41, 5.74) is 5.56. The summed E-state index contributed by atoms with van der Waals surface area (Å²) in [6.07, 6.45) is -0.535. The van der Waals surface area contributed by atoms with E-state index >= 15 is 0 Å². The van der Waals surface area contributed by atoms with Crippen molar-refractivity contribution in [3.8, 4) is 11.4 Å². The van der Waals surface area contributed by atoms with Crippen LogP contribution < -0.4 is 10.9 Å². The molecule has 1 N–H and O–H groups in total. The third kappa shape index (κ3) is 5.32. The van der Waals surface area contributed by atoms with Gasteiger partial charge in [0, 0.05) is 29.4 Å². The predicted molar refractivity (Wildman–Crippen MR) is 141 cm³/mol. The Hall–Kier alpha value is -4.34. The first-order valence-electron chi connectivity index (χ1n) is 12.9. The van der Waals surface area contributed by atoms with Gasteiger partial charge in [0.25, 0.3) is 5.56 Å². The Morgan fingerprint density at radius 2 is 1.87 bits per heavy atom. The molecule has 39 heavy (non-hydrogen) atoms. The number of rotatable bonds is 7. The molecule has 0 bridgehead atoms. The first kappa shape index (κ1) is 26.3. The number of hydrogen-bond donors (Lipinski definition) is 1. The number of aromatic nitrogens is 2. The van der Waals surface area contributed by atoms with Gasteiger partial charge in [0.1, 0.15) is 25.0 Å². The smallest absolute Gasteiger partial charge is 0.326 e. The standard InChI is InChI=1S/C29H29N3O7/c1-15-7-18-9-19-13-32-23(28(19)31-22(18)8-16(15)2)10-20-21(29(32)37)14-38-26(35)11-24(20)39-27(36)12-30-25(34)6-4-5-17(3)33/h7-10,24H,4-6,11-14H2,1-3H3,(H,30,34). The summed E-state index contributed by atoms with van der Waals surface area (Å²) in [4.78, 5) is 66.4. The summed E-state index contributed by atoms with van der Waals surface area (Å²) in [6, 6.07) is 7.89. The highest BCUT2D eigenvalue weighted by molar-refractivity contribution is 5.86. The van der Waals surface area contributed by atoms with Gasteiger partial charge in [-0.15, -0.1) is 0 Å². The van der Waals surface area contributed by atoms with Gasteiger partial charge in [-0.05, 0) is 62.6 Å². The fraction of sp³-hybridized carbons (Fsp3) is 0.379. The first-order chi connectivity index (χ1) is 18.6. The molecule has 0 radical (unpaired) electrons. The van der Waals surface area contributed by atoms with Gasteiger partial charge < -0.3 is 24.2 Å². The predicted octanol–water partition coefficient (Wildman–Crippen LogP) is 2.95. The SMILES string of the molecule is CC(=O)CCCC(=O)NCC(=O)OC1CC(=O)OCc2c1cc1n(c2=O)Cc2cc3cc(C)c(C)cc3nc2-1. The maximum absolute atomic E-state index is 13.6. The van der Waals surface area contributed by atoms with Crippen LogP contribution in [0.25, 0.3) is 22.3 Å². The summed E-state index contributed by atoms with van der Waals surface area (Å²) >= 11 is 0. The van der Waals surface area contributed by atoms with Gasteiger partial charge in [-0.3, -0.25) is 19.2 Å². The molecule has 1 aromatic carbocycles. The molecule has 2 aromatic heterocycles. The number of amides is 1. The highest BCUT2D eigenvalue weighted by Gasteiger charge is 2.33. The van der Waals surface area contributed by atoms with Crippen molar-refractivity contribution in [3.05, 3.63) is 62.4 Å². The van der Waals surface area contributed by atoms with E-state index < -0.39 is 24.6 Å². The number of esters is 2. The lowest BCUT2D eigenvalue weighted by Gasteiger charge is -2.18. The number of fused-ring (bicyclic) bond motifs is 5. The molecule has 4 heterocycles. The maximum atomic E-state index is 13.6. The van der Waals surface area contributed by atoms with Crippen molar-refractivity contribution in [1.82, 2.24) is 14.9 Å². The molecule has 0 fully saturated rings. The molecular weight excluding hydrogens is 502 g/mol. The lowest BCUT2D eigenvalue weighted by Crippen LogP contribution is -2.32. The Bertz CT molecular complexity index is 1600. The number of carbonyl (C=O) groups excluding carboxylic acids is 4. The largest absolute Gasteiger partial charge is 0.460 e. The van der Waals surface area contributed by atoms with Crippen LogP contribution in [-0.4, -0.2) is 39.7 Å². The summed E-state index contributed by atoms with van der Waals surface area (Å²) in [5, 5.41) is 3.46. The van der Waals surface area contributed by atoms with Gasteiger partial charge in [-0.2, -0.15) is 0 Å². The topological polar surface area (TPSA) is 134 Å².